The number of benzene rings is 2. The minimum absolute atomic E-state index is 0.0297. The van der Waals surface area contributed by atoms with E-state index in [1.54, 1.807) is 0 Å². The van der Waals surface area contributed by atoms with Gasteiger partial charge in [-0.1, -0.05) is 18.4 Å². The Morgan fingerprint density at radius 3 is 2.58 bits per heavy atom. The highest BCUT2D eigenvalue weighted by molar-refractivity contribution is 6.03. The zero-order chi connectivity index (χ0) is 29.6. The highest BCUT2D eigenvalue weighted by Crippen LogP contribution is 2.47. The van der Waals surface area contributed by atoms with Gasteiger partial charge in [-0.3, -0.25) is 4.98 Å². The van der Waals surface area contributed by atoms with Crippen LogP contribution in [0.5, 0.6) is 11.8 Å². The SMILES string of the molecule is C#Cc1c(F)ccc2cc(O)cc(-c3ncc4c(N5CCOCC5)nc(OCC5(CN6CCCCC6)CC5)nc4c3F)c12. The number of terminal acetylenes is 1. The number of pyridine rings is 1. The van der Waals surface area contributed by atoms with Crippen molar-refractivity contribution in [2.24, 2.45) is 5.41 Å². The normalized spacial score (nSPS) is 18.6. The molecule has 1 aliphatic carbocycles. The Kier molecular flexibility index (Phi) is 7.23. The van der Waals surface area contributed by atoms with Crippen molar-refractivity contribution in [2.75, 3.05) is 57.4 Å². The molecule has 222 valence electrons. The van der Waals surface area contributed by atoms with Gasteiger partial charge in [0, 0.05) is 42.2 Å². The fraction of sp³-hybridized carbons (Fsp3) is 0.424. The van der Waals surface area contributed by atoms with Crippen LogP contribution in [-0.4, -0.2) is 77.5 Å². The summed E-state index contributed by atoms with van der Waals surface area (Å²) in [6.45, 7) is 5.87. The number of halogens is 2. The molecule has 2 saturated heterocycles. The number of aromatic nitrogens is 3. The zero-order valence-electron chi connectivity index (χ0n) is 23.9. The van der Waals surface area contributed by atoms with E-state index in [0.717, 1.165) is 32.5 Å². The van der Waals surface area contributed by atoms with E-state index < -0.39 is 11.6 Å². The number of fused-ring (bicyclic) bond motifs is 2. The highest BCUT2D eigenvalue weighted by Gasteiger charge is 2.45. The average molecular weight is 586 g/mol. The van der Waals surface area contributed by atoms with E-state index in [4.69, 9.17) is 20.9 Å². The smallest absolute Gasteiger partial charge is 0.319 e. The van der Waals surface area contributed by atoms with Gasteiger partial charge in [0.05, 0.1) is 30.8 Å². The highest BCUT2D eigenvalue weighted by atomic mass is 19.1. The van der Waals surface area contributed by atoms with Crippen LogP contribution in [0.3, 0.4) is 0 Å². The predicted octanol–water partition coefficient (Wildman–Crippen LogP) is 5.29. The summed E-state index contributed by atoms with van der Waals surface area (Å²) >= 11 is 0. The number of anilines is 1. The summed E-state index contributed by atoms with van der Waals surface area (Å²) in [6.07, 6.45) is 13.1. The lowest BCUT2D eigenvalue weighted by atomic mass is 9.96. The topological polar surface area (TPSA) is 83.8 Å². The Labute approximate surface area is 248 Å². The maximum Gasteiger partial charge on any atom is 0.319 e. The molecule has 0 radical (unpaired) electrons. The number of hydrogen-bond acceptors (Lipinski definition) is 8. The maximum absolute atomic E-state index is 16.6. The third-order valence-electron chi connectivity index (χ3n) is 8.88. The molecule has 4 aromatic rings. The van der Waals surface area contributed by atoms with Crippen LogP contribution in [0.25, 0.3) is 32.9 Å². The van der Waals surface area contributed by atoms with Crippen LogP contribution in [0.1, 0.15) is 37.7 Å². The Hall–Kier alpha value is -4.07. The molecule has 0 bridgehead atoms. The molecular formula is C33H33F2N5O3. The van der Waals surface area contributed by atoms with E-state index in [0.29, 0.717) is 54.9 Å². The molecule has 1 N–H and O–H groups in total. The van der Waals surface area contributed by atoms with Gasteiger partial charge >= 0.3 is 6.01 Å². The standard InChI is InChI=1S/C33H33F2N5O3/c1-2-23-26(34)7-6-21-16-22(41)17-24(27(21)23)29-28(35)30-25(18-36-29)31(40-12-14-42-15-13-40)38-32(37-30)43-20-33(8-9-33)19-39-10-4-3-5-11-39/h1,6-7,16-18,41H,3-5,8-15,19-20H2. The lowest BCUT2D eigenvalue weighted by molar-refractivity contribution is 0.122. The Bertz CT molecular complexity index is 1740. The van der Waals surface area contributed by atoms with Crippen LogP contribution in [-0.2, 0) is 4.74 Å². The lowest BCUT2D eigenvalue weighted by Gasteiger charge is -2.30. The summed E-state index contributed by atoms with van der Waals surface area (Å²) < 4.78 is 43.1. The number of hydrogen-bond donors (Lipinski definition) is 1. The molecule has 0 spiro atoms. The first kappa shape index (κ1) is 27.7. The van der Waals surface area contributed by atoms with Crippen molar-refractivity contribution in [3.63, 3.8) is 0 Å². The molecule has 0 atom stereocenters. The van der Waals surface area contributed by atoms with Crippen molar-refractivity contribution in [1.29, 1.82) is 0 Å². The van der Waals surface area contributed by atoms with Gasteiger partial charge in [-0.15, -0.1) is 6.42 Å². The maximum atomic E-state index is 16.6. The first-order valence-corrected chi connectivity index (χ1v) is 14.9. The molecule has 8 nitrogen and oxygen atoms in total. The number of rotatable bonds is 7. The number of aromatic hydroxyl groups is 1. The quantitative estimate of drug-likeness (QED) is 0.293. The fourth-order valence-corrected chi connectivity index (χ4v) is 6.38. The van der Waals surface area contributed by atoms with Gasteiger partial charge in [0.15, 0.2) is 5.82 Å². The fourth-order valence-electron chi connectivity index (χ4n) is 6.38. The van der Waals surface area contributed by atoms with Gasteiger partial charge in [0.1, 0.15) is 28.6 Å². The molecule has 0 amide bonds. The molecule has 2 aliphatic heterocycles. The molecule has 10 heteroatoms. The number of morpholine rings is 1. The summed E-state index contributed by atoms with van der Waals surface area (Å²) in [4.78, 5) is 18.3. The van der Waals surface area contributed by atoms with E-state index in [1.165, 1.54) is 49.7 Å². The Morgan fingerprint density at radius 1 is 1.05 bits per heavy atom. The first-order valence-electron chi connectivity index (χ1n) is 14.9. The molecule has 3 aliphatic rings. The number of phenols is 1. The first-order chi connectivity index (χ1) is 20.9. The van der Waals surface area contributed by atoms with Crippen LogP contribution in [0, 0.1) is 29.4 Å². The second-order valence-electron chi connectivity index (χ2n) is 11.9. The summed E-state index contributed by atoms with van der Waals surface area (Å²) in [5.41, 5.74) is 0.143. The monoisotopic (exact) mass is 585 g/mol. The number of nitrogens with zero attached hydrogens (tertiary/aromatic N) is 5. The average Bonchev–Trinajstić information content (AvgIpc) is 3.80. The van der Waals surface area contributed by atoms with E-state index >= 15 is 4.39 Å². The second-order valence-corrected chi connectivity index (χ2v) is 11.9. The van der Waals surface area contributed by atoms with Crippen molar-refractivity contribution in [2.45, 2.75) is 32.1 Å². The molecule has 0 unspecified atom stereocenters. The van der Waals surface area contributed by atoms with Gasteiger partial charge in [-0.2, -0.15) is 9.97 Å². The summed E-state index contributed by atoms with van der Waals surface area (Å²) in [5, 5.41) is 11.7. The van der Waals surface area contributed by atoms with E-state index in [1.807, 2.05) is 4.90 Å². The molecule has 1 saturated carbocycles. The number of likely N-dealkylation sites (tertiary alicyclic amines) is 1. The molecule has 2 aromatic heterocycles. The molecule has 43 heavy (non-hydrogen) atoms. The van der Waals surface area contributed by atoms with Crippen LogP contribution in [0.15, 0.2) is 30.5 Å². The minimum atomic E-state index is -0.729. The number of piperidine rings is 1. The molecule has 7 rings (SSSR count). The molecular weight excluding hydrogens is 552 g/mol. The number of ether oxygens (including phenoxy) is 2. The lowest BCUT2D eigenvalue weighted by Crippen LogP contribution is -2.37. The van der Waals surface area contributed by atoms with Crippen LogP contribution < -0.4 is 9.64 Å². The van der Waals surface area contributed by atoms with E-state index in [-0.39, 0.29) is 39.5 Å². The summed E-state index contributed by atoms with van der Waals surface area (Å²) in [5.74, 6) is 1.44. The molecule has 3 fully saturated rings. The van der Waals surface area contributed by atoms with Crippen molar-refractivity contribution in [3.05, 3.63) is 47.7 Å². The summed E-state index contributed by atoms with van der Waals surface area (Å²) in [6, 6.07) is 5.63. The van der Waals surface area contributed by atoms with Crippen molar-refractivity contribution < 1.29 is 23.4 Å². The Balaban J connectivity index is 1.31. The van der Waals surface area contributed by atoms with Crippen LogP contribution >= 0.6 is 0 Å². The van der Waals surface area contributed by atoms with Gasteiger partial charge in [0.2, 0.25) is 0 Å². The largest absolute Gasteiger partial charge is 0.508 e. The molecule has 2 aromatic carbocycles. The Morgan fingerprint density at radius 2 is 1.84 bits per heavy atom. The third kappa shape index (κ3) is 5.32. The van der Waals surface area contributed by atoms with Gasteiger partial charge in [-0.05, 0) is 62.4 Å². The van der Waals surface area contributed by atoms with Crippen molar-refractivity contribution in [1.82, 2.24) is 19.9 Å². The number of phenolic OH excluding ortho intramolecular Hbond substituents is 1. The predicted molar refractivity (Wildman–Crippen MR) is 160 cm³/mol. The van der Waals surface area contributed by atoms with Gasteiger partial charge in [0.25, 0.3) is 0 Å². The summed E-state index contributed by atoms with van der Waals surface area (Å²) in [7, 11) is 0. The minimum Gasteiger partial charge on any atom is -0.508 e. The van der Waals surface area contributed by atoms with Crippen LogP contribution in [0.4, 0.5) is 14.6 Å². The molecule has 4 heterocycles. The van der Waals surface area contributed by atoms with Gasteiger partial charge in [-0.25, -0.2) is 8.78 Å². The zero-order valence-corrected chi connectivity index (χ0v) is 23.9. The van der Waals surface area contributed by atoms with E-state index in [2.05, 4.69) is 20.8 Å². The van der Waals surface area contributed by atoms with Crippen molar-refractivity contribution >= 4 is 27.5 Å². The van der Waals surface area contributed by atoms with E-state index in [9.17, 15) is 9.50 Å². The van der Waals surface area contributed by atoms with Crippen molar-refractivity contribution in [3.8, 4) is 35.4 Å². The van der Waals surface area contributed by atoms with Gasteiger partial charge < -0.3 is 24.4 Å². The van der Waals surface area contributed by atoms with Crippen LogP contribution in [0.2, 0.25) is 0 Å². The third-order valence-corrected chi connectivity index (χ3v) is 8.88. The second kappa shape index (κ2) is 11.2.